The summed E-state index contributed by atoms with van der Waals surface area (Å²) < 4.78 is 45.4. The summed E-state index contributed by atoms with van der Waals surface area (Å²) in [6.07, 6.45) is -0.328. The van der Waals surface area contributed by atoms with Gasteiger partial charge in [-0.2, -0.15) is 4.31 Å². The molecule has 2 atom stereocenters. The van der Waals surface area contributed by atoms with Gasteiger partial charge in [0.25, 0.3) is 0 Å². The van der Waals surface area contributed by atoms with Crippen LogP contribution in [0.25, 0.3) is 0 Å². The van der Waals surface area contributed by atoms with Gasteiger partial charge in [0.1, 0.15) is 5.82 Å². The Hall–Kier alpha value is -1.02. The molecule has 0 spiro atoms. The highest BCUT2D eigenvalue weighted by atomic mass is 32.2. The minimum absolute atomic E-state index is 0.0366. The summed E-state index contributed by atoms with van der Waals surface area (Å²) in [4.78, 5) is 0.0700. The number of benzene rings is 1. The predicted octanol–water partition coefficient (Wildman–Crippen LogP) is 1.08. The van der Waals surface area contributed by atoms with Gasteiger partial charge in [-0.25, -0.2) is 12.8 Å². The molecule has 2 rings (SSSR count). The van der Waals surface area contributed by atoms with Crippen molar-refractivity contribution >= 4 is 10.0 Å². The molecule has 0 aromatic heterocycles. The van der Waals surface area contributed by atoms with Crippen LogP contribution in [0.1, 0.15) is 19.4 Å². The molecule has 112 valence electrons. The third-order valence-corrected chi connectivity index (χ3v) is 5.09. The number of nitrogens with zero attached hydrogens (tertiary/aromatic N) is 1. The van der Waals surface area contributed by atoms with Crippen molar-refractivity contribution in [1.29, 1.82) is 0 Å². The Balaban J connectivity index is 2.34. The van der Waals surface area contributed by atoms with Gasteiger partial charge in [-0.1, -0.05) is 0 Å². The summed E-state index contributed by atoms with van der Waals surface area (Å²) in [6, 6.07) is 3.71. The van der Waals surface area contributed by atoms with Crippen LogP contribution in [0, 0.1) is 5.82 Å². The summed E-state index contributed by atoms with van der Waals surface area (Å²) in [7, 11) is -3.65. The molecule has 1 aliphatic heterocycles. The lowest BCUT2D eigenvalue weighted by molar-refractivity contribution is -0.0440. The van der Waals surface area contributed by atoms with E-state index in [1.54, 1.807) is 0 Å². The van der Waals surface area contributed by atoms with Crippen molar-refractivity contribution in [3.8, 4) is 0 Å². The molecule has 5 nitrogen and oxygen atoms in total. The third-order valence-electron chi connectivity index (χ3n) is 3.26. The number of ether oxygens (including phenoxy) is 1. The van der Waals surface area contributed by atoms with Crippen LogP contribution >= 0.6 is 0 Å². The van der Waals surface area contributed by atoms with E-state index in [9.17, 15) is 12.8 Å². The van der Waals surface area contributed by atoms with Crippen molar-refractivity contribution in [2.24, 2.45) is 5.73 Å². The maximum absolute atomic E-state index is 13.4. The van der Waals surface area contributed by atoms with E-state index in [2.05, 4.69) is 0 Å². The Bertz CT molecular complexity index is 581. The minimum Gasteiger partial charge on any atom is -0.373 e. The highest BCUT2D eigenvalue weighted by molar-refractivity contribution is 7.89. The van der Waals surface area contributed by atoms with Gasteiger partial charge in [-0.3, -0.25) is 0 Å². The van der Waals surface area contributed by atoms with Crippen LogP contribution in [-0.2, 0) is 21.3 Å². The van der Waals surface area contributed by atoms with E-state index in [0.29, 0.717) is 13.1 Å². The normalized spacial score (nSPS) is 24.8. The van der Waals surface area contributed by atoms with E-state index in [4.69, 9.17) is 10.5 Å². The lowest BCUT2D eigenvalue weighted by Crippen LogP contribution is -2.48. The second-order valence-electron chi connectivity index (χ2n) is 5.04. The largest absolute Gasteiger partial charge is 0.373 e. The summed E-state index contributed by atoms with van der Waals surface area (Å²) in [5, 5.41) is 0. The first kappa shape index (κ1) is 15.4. The zero-order chi connectivity index (χ0) is 14.9. The SMILES string of the molecule is C[C@@H]1CN(S(=O)(=O)c2ccc(F)c(CN)c2)C[C@H](C)O1. The maximum Gasteiger partial charge on any atom is 0.243 e. The minimum atomic E-state index is -3.65. The molecule has 7 heteroatoms. The van der Waals surface area contributed by atoms with Crippen LogP contribution in [0.3, 0.4) is 0 Å². The van der Waals surface area contributed by atoms with Gasteiger partial charge in [0.05, 0.1) is 17.1 Å². The lowest BCUT2D eigenvalue weighted by atomic mass is 10.2. The first-order chi connectivity index (χ1) is 9.34. The van der Waals surface area contributed by atoms with Crippen molar-refractivity contribution < 1.29 is 17.5 Å². The topological polar surface area (TPSA) is 72.6 Å². The smallest absolute Gasteiger partial charge is 0.243 e. The van der Waals surface area contributed by atoms with Gasteiger partial charge in [0.2, 0.25) is 10.0 Å². The highest BCUT2D eigenvalue weighted by Gasteiger charge is 2.32. The van der Waals surface area contributed by atoms with Gasteiger partial charge in [0.15, 0.2) is 0 Å². The average Bonchev–Trinajstić information content (AvgIpc) is 2.37. The number of hydrogen-bond donors (Lipinski definition) is 1. The lowest BCUT2D eigenvalue weighted by Gasteiger charge is -2.34. The summed E-state index contributed by atoms with van der Waals surface area (Å²) in [5.41, 5.74) is 5.61. The molecule has 1 aromatic rings. The van der Waals surface area contributed by atoms with Crippen LogP contribution in [-0.4, -0.2) is 38.0 Å². The molecule has 0 bridgehead atoms. The molecule has 20 heavy (non-hydrogen) atoms. The van der Waals surface area contributed by atoms with Crippen molar-refractivity contribution in [1.82, 2.24) is 4.31 Å². The number of morpholine rings is 1. The van der Waals surface area contributed by atoms with Gasteiger partial charge in [-0.15, -0.1) is 0 Å². The Labute approximate surface area is 118 Å². The monoisotopic (exact) mass is 302 g/mol. The average molecular weight is 302 g/mol. The predicted molar refractivity (Wildman–Crippen MR) is 73.1 cm³/mol. The first-order valence-corrected chi connectivity index (χ1v) is 7.92. The van der Waals surface area contributed by atoms with Gasteiger partial charge in [-0.05, 0) is 32.0 Å². The molecule has 0 radical (unpaired) electrons. The summed E-state index contributed by atoms with van der Waals surface area (Å²) in [6.45, 7) is 4.21. The molecule has 0 aliphatic carbocycles. The molecule has 1 aromatic carbocycles. The van der Waals surface area contributed by atoms with Gasteiger partial charge in [0, 0.05) is 25.2 Å². The summed E-state index contributed by atoms with van der Waals surface area (Å²) in [5.74, 6) is -0.491. The first-order valence-electron chi connectivity index (χ1n) is 6.48. The second-order valence-corrected chi connectivity index (χ2v) is 6.97. The third kappa shape index (κ3) is 3.01. The Morgan fingerprint density at radius 1 is 1.35 bits per heavy atom. The summed E-state index contributed by atoms with van der Waals surface area (Å²) >= 11 is 0. The molecule has 1 saturated heterocycles. The number of halogens is 1. The molecule has 2 N–H and O–H groups in total. The van der Waals surface area contributed by atoms with Crippen LogP contribution in [0.5, 0.6) is 0 Å². The molecule has 0 saturated carbocycles. The molecular weight excluding hydrogens is 283 g/mol. The molecule has 1 heterocycles. The van der Waals surface area contributed by atoms with E-state index < -0.39 is 15.8 Å². The van der Waals surface area contributed by atoms with Crippen molar-refractivity contribution in [3.05, 3.63) is 29.6 Å². The van der Waals surface area contributed by atoms with Gasteiger partial charge < -0.3 is 10.5 Å². The Morgan fingerprint density at radius 2 is 1.95 bits per heavy atom. The van der Waals surface area contributed by atoms with Crippen molar-refractivity contribution in [2.75, 3.05) is 13.1 Å². The number of rotatable bonds is 3. The fraction of sp³-hybridized carbons (Fsp3) is 0.538. The standard InChI is InChI=1S/C13H19FN2O3S/c1-9-7-16(8-10(2)19-9)20(17,18)12-3-4-13(14)11(5-12)6-15/h3-5,9-10H,6-8,15H2,1-2H3/t9-,10+. The fourth-order valence-electron chi connectivity index (χ4n) is 2.34. The van der Waals surface area contributed by atoms with E-state index in [1.165, 1.54) is 16.4 Å². The zero-order valence-electron chi connectivity index (χ0n) is 11.5. The van der Waals surface area contributed by atoms with Gasteiger partial charge >= 0.3 is 0 Å². The van der Waals surface area contributed by atoms with Crippen LogP contribution in [0.15, 0.2) is 23.1 Å². The van der Waals surface area contributed by atoms with Crippen molar-refractivity contribution in [3.63, 3.8) is 0 Å². The van der Waals surface area contributed by atoms with Crippen molar-refractivity contribution in [2.45, 2.75) is 37.5 Å². The molecule has 0 amide bonds. The van der Waals surface area contributed by atoms with E-state index in [0.717, 1.165) is 6.07 Å². The number of nitrogens with two attached hydrogens (primary N) is 1. The van der Waals surface area contributed by atoms with E-state index in [-0.39, 0.29) is 29.2 Å². The molecule has 1 aliphatic rings. The fourth-order valence-corrected chi connectivity index (χ4v) is 3.99. The molecule has 0 unspecified atom stereocenters. The van der Waals surface area contributed by atoms with Crippen LogP contribution < -0.4 is 5.73 Å². The number of sulfonamides is 1. The number of hydrogen-bond acceptors (Lipinski definition) is 4. The zero-order valence-corrected chi connectivity index (χ0v) is 12.4. The molecular formula is C13H19FN2O3S. The molecule has 1 fully saturated rings. The quantitative estimate of drug-likeness (QED) is 0.907. The highest BCUT2D eigenvalue weighted by Crippen LogP contribution is 2.22. The van der Waals surface area contributed by atoms with Crippen LogP contribution in [0.4, 0.5) is 4.39 Å². The second kappa shape index (κ2) is 5.77. The van der Waals surface area contributed by atoms with E-state index in [1.807, 2.05) is 13.8 Å². The maximum atomic E-state index is 13.4. The van der Waals surface area contributed by atoms with E-state index >= 15 is 0 Å². The Kier molecular flexibility index (Phi) is 4.43. The van der Waals surface area contributed by atoms with Crippen LogP contribution in [0.2, 0.25) is 0 Å². The Morgan fingerprint density at radius 3 is 2.50 bits per heavy atom.